The van der Waals surface area contributed by atoms with Gasteiger partial charge in [0.1, 0.15) is 5.82 Å². The summed E-state index contributed by atoms with van der Waals surface area (Å²) in [6.45, 7) is 0. The average Bonchev–Trinajstić information content (AvgIpc) is 3.39. The van der Waals surface area contributed by atoms with Crippen LogP contribution in [0.5, 0.6) is 0 Å². The van der Waals surface area contributed by atoms with Crippen LogP contribution in [0.2, 0.25) is 0 Å². The number of nitrogens with one attached hydrogen (secondary N) is 1. The van der Waals surface area contributed by atoms with Crippen molar-refractivity contribution >= 4 is 10.9 Å². The van der Waals surface area contributed by atoms with Gasteiger partial charge in [-0.1, -0.05) is 90.7 Å². The first-order chi connectivity index (χ1) is 17.3. The van der Waals surface area contributed by atoms with Crippen molar-refractivity contribution in [2.45, 2.75) is 0 Å². The third-order valence-electron chi connectivity index (χ3n) is 5.89. The SMILES string of the molecule is C(#Cc1cccc(-c2nc(-c3cnc4ccccc4c3)c(-c3ccccc3)[nH]2)c1)c1ccccc1. The van der Waals surface area contributed by atoms with Crippen molar-refractivity contribution in [2.75, 3.05) is 0 Å². The van der Waals surface area contributed by atoms with Crippen molar-refractivity contribution in [3.63, 3.8) is 0 Å². The minimum absolute atomic E-state index is 0.801. The molecule has 0 saturated heterocycles. The fourth-order valence-corrected chi connectivity index (χ4v) is 4.14. The lowest BCUT2D eigenvalue weighted by molar-refractivity contribution is 1.30. The number of rotatable bonds is 3. The Morgan fingerprint density at radius 2 is 1.26 bits per heavy atom. The van der Waals surface area contributed by atoms with Crippen molar-refractivity contribution < 1.29 is 0 Å². The van der Waals surface area contributed by atoms with Crippen LogP contribution in [0.15, 0.2) is 121 Å². The summed E-state index contributed by atoms with van der Waals surface area (Å²) >= 11 is 0. The number of aromatic nitrogens is 3. The van der Waals surface area contributed by atoms with E-state index in [1.807, 2.05) is 85.1 Å². The van der Waals surface area contributed by atoms with Gasteiger partial charge in [-0.25, -0.2) is 4.98 Å². The van der Waals surface area contributed by atoms with Gasteiger partial charge in [-0.3, -0.25) is 4.98 Å². The summed E-state index contributed by atoms with van der Waals surface area (Å²) < 4.78 is 0. The maximum absolute atomic E-state index is 5.05. The largest absolute Gasteiger partial charge is 0.337 e. The van der Waals surface area contributed by atoms with E-state index in [0.29, 0.717) is 0 Å². The van der Waals surface area contributed by atoms with Crippen molar-refractivity contribution in [3.8, 4) is 45.7 Å². The molecule has 0 saturated carbocycles. The van der Waals surface area contributed by atoms with E-state index in [9.17, 15) is 0 Å². The van der Waals surface area contributed by atoms with Gasteiger partial charge in [0.15, 0.2) is 0 Å². The van der Waals surface area contributed by atoms with Crippen molar-refractivity contribution in [1.82, 2.24) is 15.0 Å². The number of para-hydroxylation sites is 1. The zero-order chi connectivity index (χ0) is 23.5. The standard InChI is InChI=1S/C32H21N3/c1-3-10-23(11-4-1)18-19-24-12-9-16-27(20-24)32-34-30(25-13-5-2-6-14-25)31(35-32)28-21-26-15-7-8-17-29(26)33-22-28/h1-17,20-22H,(H,34,35). The zero-order valence-corrected chi connectivity index (χ0v) is 18.9. The van der Waals surface area contributed by atoms with E-state index in [2.05, 4.69) is 58.2 Å². The van der Waals surface area contributed by atoms with Crippen LogP contribution < -0.4 is 0 Å². The molecule has 0 aliphatic rings. The molecule has 164 valence electrons. The molecule has 4 aromatic carbocycles. The Bertz CT molecular complexity index is 1690. The van der Waals surface area contributed by atoms with Gasteiger partial charge in [-0.05, 0) is 36.4 Å². The van der Waals surface area contributed by atoms with E-state index in [4.69, 9.17) is 4.98 Å². The van der Waals surface area contributed by atoms with E-state index in [0.717, 1.165) is 55.9 Å². The number of H-pyrrole nitrogens is 1. The molecule has 0 bridgehead atoms. The molecule has 2 heterocycles. The summed E-state index contributed by atoms with van der Waals surface area (Å²) in [7, 11) is 0. The predicted molar refractivity (Wildman–Crippen MR) is 143 cm³/mol. The van der Waals surface area contributed by atoms with Crippen molar-refractivity contribution in [3.05, 3.63) is 133 Å². The normalized spacial score (nSPS) is 10.6. The van der Waals surface area contributed by atoms with E-state index >= 15 is 0 Å². The van der Waals surface area contributed by atoms with Crippen LogP contribution in [0.4, 0.5) is 0 Å². The van der Waals surface area contributed by atoms with E-state index in [1.165, 1.54) is 0 Å². The number of hydrogen-bond acceptors (Lipinski definition) is 2. The minimum Gasteiger partial charge on any atom is -0.337 e. The second kappa shape index (κ2) is 9.13. The Balaban J connectivity index is 1.45. The second-order valence-electron chi connectivity index (χ2n) is 8.29. The Morgan fingerprint density at radius 1 is 0.571 bits per heavy atom. The molecule has 6 aromatic rings. The molecule has 0 fully saturated rings. The molecule has 35 heavy (non-hydrogen) atoms. The summed E-state index contributed by atoms with van der Waals surface area (Å²) in [6.07, 6.45) is 1.90. The highest BCUT2D eigenvalue weighted by molar-refractivity contribution is 5.87. The van der Waals surface area contributed by atoms with Gasteiger partial charge < -0.3 is 4.98 Å². The number of fused-ring (bicyclic) bond motifs is 1. The van der Waals surface area contributed by atoms with Crippen LogP contribution in [0.3, 0.4) is 0 Å². The number of imidazole rings is 1. The highest BCUT2D eigenvalue weighted by atomic mass is 14.9. The predicted octanol–water partition coefficient (Wildman–Crippen LogP) is 7.36. The first kappa shape index (κ1) is 20.7. The molecule has 0 aliphatic heterocycles. The molecule has 6 rings (SSSR count). The fourth-order valence-electron chi connectivity index (χ4n) is 4.14. The molecular formula is C32H21N3. The van der Waals surface area contributed by atoms with E-state index in [1.54, 1.807) is 0 Å². The molecule has 0 radical (unpaired) electrons. The van der Waals surface area contributed by atoms with Gasteiger partial charge in [0.05, 0.1) is 16.9 Å². The smallest absolute Gasteiger partial charge is 0.138 e. The highest BCUT2D eigenvalue weighted by Crippen LogP contribution is 2.34. The van der Waals surface area contributed by atoms with Crippen LogP contribution in [0, 0.1) is 11.8 Å². The third kappa shape index (κ3) is 4.34. The van der Waals surface area contributed by atoms with Gasteiger partial charge in [-0.2, -0.15) is 0 Å². The Morgan fingerprint density at radius 3 is 2.11 bits per heavy atom. The minimum atomic E-state index is 0.801. The number of nitrogens with zero attached hydrogens (tertiary/aromatic N) is 2. The van der Waals surface area contributed by atoms with E-state index in [-0.39, 0.29) is 0 Å². The lowest BCUT2D eigenvalue weighted by Crippen LogP contribution is -1.86. The van der Waals surface area contributed by atoms with Gasteiger partial charge in [0.2, 0.25) is 0 Å². The van der Waals surface area contributed by atoms with Gasteiger partial charge in [0, 0.05) is 39.4 Å². The molecule has 3 nitrogen and oxygen atoms in total. The summed E-state index contributed by atoms with van der Waals surface area (Å²) in [5, 5.41) is 1.09. The highest BCUT2D eigenvalue weighted by Gasteiger charge is 2.16. The average molecular weight is 448 g/mol. The summed E-state index contributed by atoms with van der Waals surface area (Å²) in [4.78, 5) is 13.3. The Hall–Kier alpha value is -4.94. The maximum Gasteiger partial charge on any atom is 0.138 e. The van der Waals surface area contributed by atoms with Crippen LogP contribution in [0.25, 0.3) is 44.8 Å². The lowest BCUT2D eigenvalue weighted by atomic mass is 10.0. The van der Waals surface area contributed by atoms with Crippen LogP contribution in [-0.4, -0.2) is 15.0 Å². The number of hydrogen-bond donors (Lipinski definition) is 1. The van der Waals surface area contributed by atoms with Crippen LogP contribution >= 0.6 is 0 Å². The molecule has 0 unspecified atom stereocenters. The Kier molecular flexibility index (Phi) is 5.39. The summed E-state index contributed by atoms with van der Waals surface area (Å²) in [5.74, 6) is 7.31. The van der Waals surface area contributed by atoms with Crippen LogP contribution in [0.1, 0.15) is 11.1 Å². The number of benzene rings is 4. The number of pyridine rings is 1. The molecular weight excluding hydrogens is 426 g/mol. The maximum atomic E-state index is 5.05. The summed E-state index contributed by atoms with van der Waals surface area (Å²) in [5.41, 5.74) is 7.80. The first-order valence-corrected chi connectivity index (χ1v) is 11.5. The van der Waals surface area contributed by atoms with E-state index < -0.39 is 0 Å². The summed E-state index contributed by atoms with van der Waals surface area (Å²) in [6, 6.07) is 38.8. The van der Waals surface area contributed by atoms with Gasteiger partial charge >= 0.3 is 0 Å². The molecule has 0 atom stereocenters. The topological polar surface area (TPSA) is 41.6 Å². The first-order valence-electron chi connectivity index (χ1n) is 11.5. The van der Waals surface area contributed by atoms with Crippen molar-refractivity contribution in [2.24, 2.45) is 0 Å². The molecule has 0 spiro atoms. The molecule has 0 amide bonds. The monoisotopic (exact) mass is 447 g/mol. The molecule has 0 aliphatic carbocycles. The quantitative estimate of drug-likeness (QED) is 0.288. The second-order valence-corrected chi connectivity index (χ2v) is 8.29. The molecule has 2 aromatic heterocycles. The number of aromatic amines is 1. The zero-order valence-electron chi connectivity index (χ0n) is 18.9. The van der Waals surface area contributed by atoms with Gasteiger partial charge in [-0.15, -0.1) is 0 Å². The van der Waals surface area contributed by atoms with Crippen molar-refractivity contribution in [1.29, 1.82) is 0 Å². The van der Waals surface area contributed by atoms with Gasteiger partial charge in [0.25, 0.3) is 0 Å². The molecule has 1 N–H and O–H groups in total. The molecule has 3 heteroatoms. The lowest BCUT2D eigenvalue weighted by Gasteiger charge is -2.04. The van der Waals surface area contributed by atoms with Crippen LogP contribution in [-0.2, 0) is 0 Å². The third-order valence-corrected chi connectivity index (χ3v) is 5.89. The Labute approximate surface area is 204 Å². The fraction of sp³-hybridized carbons (Fsp3) is 0.